The van der Waals surface area contributed by atoms with Gasteiger partial charge in [0.25, 0.3) is 11.5 Å². The molecule has 2 fully saturated rings. The number of ether oxygens (including phenoxy) is 1. The number of rotatable bonds is 9. The van der Waals surface area contributed by atoms with Crippen LogP contribution in [0.2, 0.25) is 0 Å². The van der Waals surface area contributed by atoms with Gasteiger partial charge in [-0.25, -0.2) is 19.4 Å². The Labute approximate surface area is 231 Å². The lowest BCUT2D eigenvalue weighted by Crippen LogP contribution is -2.48. The zero-order valence-electron chi connectivity index (χ0n) is 22.8. The van der Waals surface area contributed by atoms with E-state index in [1.54, 1.807) is 12.1 Å². The number of benzene rings is 2. The van der Waals surface area contributed by atoms with Crippen molar-refractivity contribution in [2.45, 2.75) is 56.5 Å². The van der Waals surface area contributed by atoms with Crippen molar-refractivity contribution in [1.82, 2.24) is 20.0 Å². The maximum Gasteiger partial charge on any atom is 0.423 e. The molecule has 1 atom stereocenters. The summed E-state index contributed by atoms with van der Waals surface area (Å²) in [4.78, 5) is 43.7. The van der Waals surface area contributed by atoms with Gasteiger partial charge in [0.1, 0.15) is 6.04 Å². The minimum atomic E-state index is -1.15. The predicted molar refractivity (Wildman–Crippen MR) is 150 cm³/mol. The number of fused-ring (bicyclic) bond motifs is 1. The van der Waals surface area contributed by atoms with E-state index < -0.39 is 23.3 Å². The number of carbonyl (C=O) groups is 1. The van der Waals surface area contributed by atoms with Crippen molar-refractivity contribution in [1.29, 1.82) is 0 Å². The summed E-state index contributed by atoms with van der Waals surface area (Å²) in [5.74, 6) is -0.0947. The van der Waals surface area contributed by atoms with E-state index in [-0.39, 0.29) is 22.9 Å². The topological polar surface area (TPSA) is 107 Å². The van der Waals surface area contributed by atoms with Gasteiger partial charge in [0.15, 0.2) is 11.3 Å². The third-order valence-corrected chi connectivity index (χ3v) is 7.89. The van der Waals surface area contributed by atoms with Gasteiger partial charge < -0.3 is 9.15 Å². The maximum atomic E-state index is 13.5. The van der Waals surface area contributed by atoms with E-state index in [0.717, 1.165) is 15.7 Å². The third-order valence-electron chi connectivity index (χ3n) is 7.89. The number of pyridine rings is 1. The van der Waals surface area contributed by atoms with Gasteiger partial charge in [0.2, 0.25) is 5.58 Å². The van der Waals surface area contributed by atoms with Crippen LogP contribution in [0.3, 0.4) is 0 Å². The summed E-state index contributed by atoms with van der Waals surface area (Å²) in [5.41, 5.74) is 6.81. The Hall–Kier alpha value is -4.24. The van der Waals surface area contributed by atoms with Crippen molar-refractivity contribution in [3.63, 3.8) is 0 Å². The molecule has 9 nitrogen and oxygen atoms in total. The van der Waals surface area contributed by atoms with Crippen LogP contribution in [0.1, 0.15) is 78.8 Å². The molecule has 206 valence electrons. The monoisotopic (exact) mass is 540 g/mol. The van der Waals surface area contributed by atoms with Crippen LogP contribution in [0.25, 0.3) is 11.1 Å². The second-order valence-electron chi connectivity index (χ2n) is 10.8. The molecule has 2 aromatic heterocycles. The zero-order chi connectivity index (χ0) is 28.0. The standard InChI is InChI=1S/C31H32N4O5/c1-18(35-30(37)26-28(40-31(35)38)25(39-3)14-15-32-26)29(36)33-34(2)27(23-8-4-6-21(16-23)19-10-11-19)24-9-5-7-22(17-24)20-12-13-20/h4-9,14-20,27H,10-13H2,1-3H3,(H,33,36)/t18-/m0/s1. The van der Waals surface area contributed by atoms with Gasteiger partial charge in [0, 0.05) is 19.3 Å². The van der Waals surface area contributed by atoms with Crippen molar-refractivity contribution in [3.8, 4) is 5.75 Å². The molecule has 0 saturated heterocycles. The summed E-state index contributed by atoms with van der Waals surface area (Å²) < 4.78 is 11.3. The molecular weight excluding hydrogens is 508 g/mol. The Kier molecular flexibility index (Phi) is 6.75. The molecular formula is C31H32N4O5. The maximum absolute atomic E-state index is 13.5. The van der Waals surface area contributed by atoms with Gasteiger partial charge in [-0.1, -0.05) is 48.5 Å². The van der Waals surface area contributed by atoms with E-state index in [1.807, 2.05) is 0 Å². The first-order valence-corrected chi connectivity index (χ1v) is 13.7. The number of hydrogen-bond acceptors (Lipinski definition) is 7. The first kappa shape index (κ1) is 26.0. The lowest BCUT2D eigenvalue weighted by Gasteiger charge is -2.31. The van der Waals surface area contributed by atoms with E-state index in [4.69, 9.17) is 9.15 Å². The minimum Gasteiger partial charge on any atom is -0.493 e. The Morgan fingerprint density at radius 3 is 2.17 bits per heavy atom. The van der Waals surface area contributed by atoms with Crippen LogP contribution in [-0.2, 0) is 4.79 Å². The fraction of sp³-hybridized carbons (Fsp3) is 0.355. The van der Waals surface area contributed by atoms with Crippen molar-refractivity contribution in [3.05, 3.63) is 104 Å². The molecule has 2 aliphatic carbocycles. The van der Waals surface area contributed by atoms with Crippen LogP contribution in [0.15, 0.2) is 74.8 Å². The SMILES string of the molecule is COc1ccnc2c(=O)n([C@@H](C)C(=O)NN(C)C(c3cccc(C4CC4)c3)c3cccc(C4CC4)c3)c(=O)oc12. The first-order chi connectivity index (χ1) is 19.4. The number of methoxy groups -OCH3 is 1. The van der Waals surface area contributed by atoms with Crippen molar-refractivity contribution in [2.24, 2.45) is 0 Å². The lowest BCUT2D eigenvalue weighted by molar-refractivity contribution is -0.129. The van der Waals surface area contributed by atoms with Crippen LogP contribution in [0.4, 0.5) is 0 Å². The molecule has 2 aliphatic rings. The number of aromatic nitrogens is 2. The fourth-order valence-corrected chi connectivity index (χ4v) is 5.40. The number of nitrogens with one attached hydrogen (secondary N) is 1. The molecule has 40 heavy (non-hydrogen) atoms. The number of hydrogen-bond donors (Lipinski definition) is 1. The summed E-state index contributed by atoms with van der Waals surface area (Å²) in [6.07, 6.45) is 6.17. The number of carbonyl (C=O) groups excluding carboxylic acids is 1. The highest BCUT2D eigenvalue weighted by Gasteiger charge is 2.30. The quantitative estimate of drug-likeness (QED) is 0.313. The normalized spacial score (nSPS) is 15.9. The van der Waals surface area contributed by atoms with E-state index in [0.29, 0.717) is 11.8 Å². The number of amides is 1. The van der Waals surface area contributed by atoms with E-state index in [2.05, 4.69) is 58.9 Å². The molecule has 2 heterocycles. The van der Waals surface area contributed by atoms with Crippen molar-refractivity contribution < 1.29 is 13.9 Å². The number of hydrazine groups is 1. The Balaban J connectivity index is 1.33. The second-order valence-corrected chi connectivity index (χ2v) is 10.8. The average Bonchev–Trinajstić information content (AvgIpc) is 3.87. The molecule has 4 aromatic rings. The molecule has 0 bridgehead atoms. The summed E-state index contributed by atoms with van der Waals surface area (Å²) in [7, 11) is 3.21. The highest BCUT2D eigenvalue weighted by atomic mass is 16.5. The molecule has 2 saturated carbocycles. The smallest absolute Gasteiger partial charge is 0.423 e. The fourth-order valence-electron chi connectivity index (χ4n) is 5.40. The van der Waals surface area contributed by atoms with Crippen molar-refractivity contribution in [2.75, 3.05) is 14.2 Å². The van der Waals surface area contributed by atoms with Gasteiger partial charge >= 0.3 is 5.76 Å². The minimum absolute atomic E-state index is 0.0490. The first-order valence-electron chi connectivity index (χ1n) is 13.7. The van der Waals surface area contributed by atoms with Gasteiger partial charge in [0.05, 0.1) is 13.2 Å². The van der Waals surface area contributed by atoms with Gasteiger partial charge in [-0.05, 0) is 66.7 Å². The van der Waals surface area contributed by atoms with E-state index >= 15 is 0 Å². The van der Waals surface area contributed by atoms with E-state index in [9.17, 15) is 14.4 Å². The van der Waals surface area contributed by atoms with Crippen LogP contribution < -0.4 is 21.5 Å². The largest absolute Gasteiger partial charge is 0.493 e. The predicted octanol–water partition coefficient (Wildman–Crippen LogP) is 4.43. The zero-order valence-corrected chi connectivity index (χ0v) is 22.8. The third kappa shape index (κ3) is 4.93. The van der Waals surface area contributed by atoms with Gasteiger partial charge in [-0.3, -0.25) is 15.0 Å². The molecule has 1 amide bonds. The van der Waals surface area contributed by atoms with Crippen LogP contribution >= 0.6 is 0 Å². The van der Waals surface area contributed by atoms with E-state index in [1.165, 1.54) is 63.1 Å². The summed E-state index contributed by atoms with van der Waals surface area (Å²) in [5, 5.41) is 1.76. The Bertz CT molecular complexity index is 1650. The van der Waals surface area contributed by atoms with Crippen LogP contribution in [-0.4, -0.2) is 34.6 Å². The highest BCUT2D eigenvalue weighted by Crippen LogP contribution is 2.43. The van der Waals surface area contributed by atoms with Crippen LogP contribution in [0.5, 0.6) is 5.75 Å². The second kappa shape index (κ2) is 10.4. The van der Waals surface area contributed by atoms with Gasteiger partial charge in [-0.2, -0.15) is 0 Å². The van der Waals surface area contributed by atoms with Crippen molar-refractivity contribution >= 4 is 17.0 Å². The highest BCUT2D eigenvalue weighted by molar-refractivity contribution is 5.81. The molecule has 0 radical (unpaired) electrons. The summed E-state index contributed by atoms with van der Waals surface area (Å²) in [6, 6.07) is 17.1. The Morgan fingerprint density at radius 2 is 1.62 bits per heavy atom. The molecule has 0 aliphatic heterocycles. The molecule has 0 spiro atoms. The Morgan fingerprint density at radius 1 is 1.02 bits per heavy atom. The summed E-state index contributed by atoms with van der Waals surface area (Å²) in [6.45, 7) is 1.49. The molecule has 9 heteroatoms. The molecule has 1 N–H and O–H groups in total. The summed E-state index contributed by atoms with van der Waals surface area (Å²) >= 11 is 0. The molecule has 6 rings (SSSR count). The van der Waals surface area contributed by atoms with Crippen LogP contribution in [0, 0.1) is 0 Å². The lowest BCUT2D eigenvalue weighted by atomic mass is 9.94. The average molecular weight is 541 g/mol. The number of nitrogens with zero attached hydrogens (tertiary/aromatic N) is 3. The molecule has 2 aromatic carbocycles. The van der Waals surface area contributed by atoms with Gasteiger partial charge in [-0.15, -0.1) is 0 Å². The molecule has 0 unspecified atom stereocenters.